The van der Waals surface area contributed by atoms with E-state index in [4.69, 9.17) is 5.26 Å². The number of aromatic nitrogens is 1. The molecule has 0 radical (unpaired) electrons. The summed E-state index contributed by atoms with van der Waals surface area (Å²) in [6, 6.07) is 8.75. The summed E-state index contributed by atoms with van der Waals surface area (Å²) in [6.45, 7) is 3.65. The highest BCUT2D eigenvalue weighted by Crippen LogP contribution is 2.28. The number of aromatic hydroxyl groups is 1. The van der Waals surface area contributed by atoms with Crippen molar-refractivity contribution in [1.29, 1.82) is 5.26 Å². The van der Waals surface area contributed by atoms with Crippen LogP contribution in [-0.2, 0) is 0 Å². The average Bonchev–Trinajstić information content (AvgIpc) is 2.29. The van der Waals surface area contributed by atoms with Gasteiger partial charge < -0.3 is 5.11 Å². The highest BCUT2D eigenvalue weighted by molar-refractivity contribution is 5.97. The number of hydrogen-bond acceptors (Lipinski definition) is 3. The first-order valence-electron chi connectivity index (χ1n) is 4.40. The van der Waals surface area contributed by atoms with Gasteiger partial charge in [-0.1, -0.05) is 12.6 Å². The molecule has 0 amide bonds. The summed E-state index contributed by atoms with van der Waals surface area (Å²) in [5, 5.41) is 19.1. The Labute approximate surface area is 86.9 Å². The van der Waals surface area contributed by atoms with Gasteiger partial charge in [0.25, 0.3) is 0 Å². The molecule has 0 aliphatic heterocycles. The monoisotopic (exact) mass is 196 g/mol. The van der Waals surface area contributed by atoms with Gasteiger partial charge in [-0.25, -0.2) is 0 Å². The van der Waals surface area contributed by atoms with Crippen LogP contribution in [0.3, 0.4) is 0 Å². The fraction of sp³-hybridized carbons (Fsp3) is 0. The largest absolute Gasteiger partial charge is 0.506 e. The van der Waals surface area contributed by atoms with E-state index in [1.165, 1.54) is 6.07 Å². The first-order valence-corrected chi connectivity index (χ1v) is 4.40. The van der Waals surface area contributed by atoms with Crippen molar-refractivity contribution in [1.82, 2.24) is 4.98 Å². The number of nitrogens with zero attached hydrogens (tertiary/aromatic N) is 2. The third-order valence-electron chi connectivity index (χ3n) is 2.21. The van der Waals surface area contributed by atoms with Gasteiger partial charge in [0.2, 0.25) is 0 Å². The molecule has 0 unspecified atom stereocenters. The minimum absolute atomic E-state index is 0.111. The van der Waals surface area contributed by atoms with Crippen LogP contribution < -0.4 is 0 Å². The lowest BCUT2D eigenvalue weighted by Crippen LogP contribution is -1.86. The van der Waals surface area contributed by atoms with Crippen molar-refractivity contribution in [3.63, 3.8) is 0 Å². The smallest absolute Gasteiger partial charge is 0.141 e. The molecule has 1 aromatic heterocycles. The van der Waals surface area contributed by atoms with Crippen LogP contribution in [0.15, 0.2) is 37.0 Å². The molecule has 1 aromatic carbocycles. The Kier molecular flexibility index (Phi) is 2.11. The number of fused-ring (bicyclic) bond motifs is 1. The van der Waals surface area contributed by atoms with Gasteiger partial charge in [-0.2, -0.15) is 5.26 Å². The number of benzene rings is 1. The second-order valence-electron chi connectivity index (χ2n) is 3.12. The first-order chi connectivity index (χ1) is 7.24. The summed E-state index contributed by atoms with van der Waals surface area (Å²) in [7, 11) is 0. The number of pyridine rings is 1. The highest BCUT2D eigenvalue weighted by atomic mass is 16.3. The van der Waals surface area contributed by atoms with E-state index in [9.17, 15) is 5.11 Å². The Balaban J connectivity index is 2.84. The number of phenolic OH excluding ortho intramolecular Hbond substituents is 1. The molecule has 1 N–H and O–H groups in total. The molecule has 0 saturated carbocycles. The molecule has 72 valence electrons. The lowest BCUT2D eigenvalue weighted by Gasteiger charge is -2.04. The van der Waals surface area contributed by atoms with Gasteiger partial charge in [-0.3, -0.25) is 4.98 Å². The van der Waals surface area contributed by atoms with Crippen LogP contribution in [0.4, 0.5) is 0 Å². The number of allylic oxidation sites excluding steroid dienone is 1. The Morgan fingerprint density at radius 1 is 1.40 bits per heavy atom. The molecule has 2 aromatic rings. The predicted molar refractivity (Wildman–Crippen MR) is 58.1 cm³/mol. The van der Waals surface area contributed by atoms with Gasteiger partial charge in [-0.15, -0.1) is 0 Å². The number of nitriles is 1. The van der Waals surface area contributed by atoms with Gasteiger partial charge in [0, 0.05) is 17.1 Å². The van der Waals surface area contributed by atoms with Crippen molar-refractivity contribution in [2.45, 2.75) is 0 Å². The minimum atomic E-state index is 0.111. The average molecular weight is 196 g/mol. The molecule has 3 nitrogen and oxygen atoms in total. The fourth-order valence-corrected chi connectivity index (χ4v) is 1.48. The van der Waals surface area contributed by atoms with Crippen LogP contribution in [0.1, 0.15) is 5.56 Å². The minimum Gasteiger partial charge on any atom is -0.506 e. The second-order valence-corrected chi connectivity index (χ2v) is 3.12. The predicted octanol–water partition coefficient (Wildman–Crippen LogP) is 2.48. The van der Waals surface area contributed by atoms with Gasteiger partial charge in [0.15, 0.2) is 0 Å². The molecule has 0 fully saturated rings. The number of phenols is 1. The van der Waals surface area contributed by atoms with E-state index in [1.54, 1.807) is 24.4 Å². The number of rotatable bonds is 1. The maximum absolute atomic E-state index is 9.58. The standard InChI is InChI=1S/C12H8N2O/c1-8(7-13)9-4-5-11(15)12-10(9)3-2-6-14-12/h2-6,15H,1H2. The topological polar surface area (TPSA) is 56.9 Å². The van der Waals surface area contributed by atoms with E-state index in [0.717, 1.165) is 5.39 Å². The van der Waals surface area contributed by atoms with Crippen molar-refractivity contribution < 1.29 is 5.11 Å². The lowest BCUT2D eigenvalue weighted by molar-refractivity contribution is 0.480. The molecule has 15 heavy (non-hydrogen) atoms. The summed E-state index contributed by atoms with van der Waals surface area (Å²) >= 11 is 0. The van der Waals surface area contributed by atoms with Gasteiger partial charge >= 0.3 is 0 Å². The van der Waals surface area contributed by atoms with Crippen LogP contribution >= 0.6 is 0 Å². The maximum Gasteiger partial charge on any atom is 0.141 e. The second kappa shape index (κ2) is 3.43. The Bertz CT molecular complexity index is 582. The third kappa shape index (κ3) is 1.42. The summed E-state index contributed by atoms with van der Waals surface area (Å²) < 4.78 is 0. The molecule has 0 atom stereocenters. The molecule has 0 aliphatic rings. The van der Waals surface area contributed by atoms with Crippen molar-refractivity contribution >= 4 is 16.5 Å². The highest BCUT2D eigenvalue weighted by Gasteiger charge is 2.07. The quantitative estimate of drug-likeness (QED) is 0.713. The van der Waals surface area contributed by atoms with Crippen molar-refractivity contribution in [3.8, 4) is 11.8 Å². The van der Waals surface area contributed by atoms with E-state index in [-0.39, 0.29) is 5.75 Å². The van der Waals surface area contributed by atoms with Crippen molar-refractivity contribution in [3.05, 3.63) is 42.6 Å². The van der Waals surface area contributed by atoms with Crippen LogP contribution in [-0.4, -0.2) is 10.1 Å². The van der Waals surface area contributed by atoms with Crippen LogP contribution in [0.5, 0.6) is 5.75 Å². The zero-order chi connectivity index (χ0) is 10.8. The first kappa shape index (κ1) is 9.22. The zero-order valence-corrected chi connectivity index (χ0v) is 7.94. The Morgan fingerprint density at radius 2 is 2.20 bits per heavy atom. The molecule has 2 rings (SSSR count). The molecular weight excluding hydrogens is 188 g/mol. The van der Waals surface area contributed by atoms with Crippen molar-refractivity contribution in [2.24, 2.45) is 0 Å². The molecule has 0 aliphatic carbocycles. The molecule has 1 heterocycles. The summed E-state index contributed by atoms with van der Waals surface area (Å²) in [5.74, 6) is 0.111. The molecule has 0 spiro atoms. The van der Waals surface area contributed by atoms with Gasteiger partial charge in [0.1, 0.15) is 11.3 Å². The SMILES string of the molecule is C=C(C#N)c1ccc(O)c2ncccc12. The lowest BCUT2D eigenvalue weighted by atomic mass is 10.0. The van der Waals surface area contributed by atoms with Crippen LogP contribution in [0.25, 0.3) is 16.5 Å². The molecular formula is C12H8N2O. The Hall–Kier alpha value is -2.34. The number of hydrogen-bond donors (Lipinski definition) is 1. The summed E-state index contributed by atoms with van der Waals surface area (Å²) in [5.41, 5.74) is 1.57. The van der Waals surface area contributed by atoms with Crippen LogP contribution in [0.2, 0.25) is 0 Å². The van der Waals surface area contributed by atoms with E-state index in [2.05, 4.69) is 11.6 Å². The maximum atomic E-state index is 9.58. The third-order valence-corrected chi connectivity index (χ3v) is 2.21. The van der Waals surface area contributed by atoms with E-state index >= 15 is 0 Å². The van der Waals surface area contributed by atoms with Crippen LogP contribution in [0, 0.1) is 11.3 Å². The summed E-state index contributed by atoms with van der Waals surface area (Å²) in [4.78, 5) is 4.06. The van der Waals surface area contributed by atoms with Gasteiger partial charge in [0.05, 0.1) is 11.6 Å². The molecule has 0 bridgehead atoms. The van der Waals surface area contributed by atoms with E-state index < -0.39 is 0 Å². The van der Waals surface area contributed by atoms with E-state index in [1.807, 2.05) is 6.07 Å². The summed E-state index contributed by atoms with van der Waals surface area (Å²) in [6.07, 6.45) is 1.60. The molecule has 0 saturated heterocycles. The van der Waals surface area contributed by atoms with Gasteiger partial charge in [-0.05, 0) is 18.2 Å². The fourth-order valence-electron chi connectivity index (χ4n) is 1.48. The normalized spacial score (nSPS) is 9.80. The van der Waals surface area contributed by atoms with Crippen molar-refractivity contribution in [2.75, 3.05) is 0 Å². The Morgan fingerprint density at radius 3 is 2.93 bits per heavy atom. The van der Waals surface area contributed by atoms with E-state index in [0.29, 0.717) is 16.7 Å². The zero-order valence-electron chi connectivity index (χ0n) is 7.94. The molecule has 3 heteroatoms.